The highest BCUT2D eigenvalue weighted by molar-refractivity contribution is 5.97. The van der Waals surface area contributed by atoms with Crippen LogP contribution in [0.4, 0.5) is 0 Å². The van der Waals surface area contributed by atoms with E-state index in [0.29, 0.717) is 17.2 Å². The van der Waals surface area contributed by atoms with Crippen LogP contribution in [0.25, 0.3) is 0 Å². The molecule has 1 heterocycles. The summed E-state index contributed by atoms with van der Waals surface area (Å²) in [5, 5.41) is 13.1. The lowest BCUT2D eigenvalue weighted by Gasteiger charge is -2.32. The number of hydrogen-bond acceptors (Lipinski definition) is 4. The van der Waals surface area contributed by atoms with Gasteiger partial charge >= 0.3 is 0 Å². The Morgan fingerprint density at radius 2 is 2.15 bits per heavy atom. The number of carbonyl (C=O) groups is 1. The molecule has 0 bridgehead atoms. The lowest BCUT2D eigenvalue weighted by molar-refractivity contribution is 0.0688. The number of hydrogen-bond donors (Lipinski definition) is 2. The molecule has 5 nitrogen and oxygen atoms in total. The van der Waals surface area contributed by atoms with E-state index in [-0.39, 0.29) is 11.7 Å². The molecule has 1 aromatic carbocycles. The Morgan fingerprint density at radius 1 is 1.45 bits per heavy atom. The summed E-state index contributed by atoms with van der Waals surface area (Å²) in [5.74, 6) is 1.06. The van der Waals surface area contributed by atoms with Crippen molar-refractivity contribution >= 4 is 5.91 Å². The first-order valence-corrected chi connectivity index (χ1v) is 6.96. The summed E-state index contributed by atoms with van der Waals surface area (Å²) in [6.07, 6.45) is 2.01. The molecule has 0 aromatic heterocycles. The first kappa shape index (κ1) is 14.7. The fourth-order valence-corrected chi connectivity index (χ4v) is 2.62. The van der Waals surface area contributed by atoms with Gasteiger partial charge in [0.25, 0.3) is 5.91 Å². The molecule has 5 heteroatoms. The largest absolute Gasteiger partial charge is 0.507 e. The monoisotopic (exact) mass is 278 g/mol. The van der Waals surface area contributed by atoms with E-state index in [1.165, 1.54) is 13.2 Å². The third kappa shape index (κ3) is 3.22. The minimum Gasteiger partial charge on any atom is -0.507 e. The van der Waals surface area contributed by atoms with E-state index in [1.807, 2.05) is 11.9 Å². The maximum absolute atomic E-state index is 12.4. The van der Waals surface area contributed by atoms with E-state index in [1.54, 1.807) is 12.1 Å². The molecule has 20 heavy (non-hydrogen) atoms. The number of benzene rings is 1. The minimum absolute atomic E-state index is 0.0216. The van der Waals surface area contributed by atoms with Gasteiger partial charge in [-0.05, 0) is 44.5 Å². The zero-order valence-electron chi connectivity index (χ0n) is 12.1. The van der Waals surface area contributed by atoms with Gasteiger partial charge in [0.1, 0.15) is 11.5 Å². The molecule has 1 aliphatic rings. The van der Waals surface area contributed by atoms with Gasteiger partial charge in [-0.2, -0.15) is 0 Å². The molecule has 0 unspecified atom stereocenters. The van der Waals surface area contributed by atoms with Crippen LogP contribution < -0.4 is 10.1 Å². The van der Waals surface area contributed by atoms with Crippen LogP contribution >= 0.6 is 0 Å². The molecule has 0 spiro atoms. The Kier molecular flexibility index (Phi) is 4.84. The summed E-state index contributed by atoms with van der Waals surface area (Å²) >= 11 is 0. The maximum Gasteiger partial charge on any atom is 0.257 e. The molecule has 0 radical (unpaired) electrons. The van der Waals surface area contributed by atoms with Gasteiger partial charge in [-0.15, -0.1) is 0 Å². The van der Waals surface area contributed by atoms with Crippen LogP contribution in [0.2, 0.25) is 0 Å². The van der Waals surface area contributed by atoms with E-state index in [2.05, 4.69) is 5.32 Å². The molecule has 1 amide bonds. The standard InChI is InChI=1S/C15H22N2O3/c1-16-10-11-5-7-17(8-6-11)15(19)13-4-3-12(20-2)9-14(13)18/h3-4,9,11,16,18H,5-8,10H2,1-2H3. The molecule has 1 fully saturated rings. The number of rotatable bonds is 4. The van der Waals surface area contributed by atoms with Gasteiger partial charge < -0.3 is 20.1 Å². The highest BCUT2D eigenvalue weighted by atomic mass is 16.5. The van der Waals surface area contributed by atoms with Crippen molar-refractivity contribution in [3.05, 3.63) is 23.8 Å². The molecule has 0 atom stereocenters. The van der Waals surface area contributed by atoms with Crippen molar-refractivity contribution in [2.24, 2.45) is 5.92 Å². The zero-order chi connectivity index (χ0) is 14.5. The number of nitrogens with zero attached hydrogens (tertiary/aromatic N) is 1. The highest BCUT2D eigenvalue weighted by Gasteiger charge is 2.24. The average molecular weight is 278 g/mol. The normalized spacial score (nSPS) is 16.2. The first-order chi connectivity index (χ1) is 9.65. The Labute approximate surface area is 119 Å². The number of amides is 1. The van der Waals surface area contributed by atoms with Crippen molar-refractivity contribution < 1.29 is 14.6 Å². The topological polar surface area (TPSA) is 61.8 Å². The predicted octanol–water partition coefficient (Wildman–Crippen LogP) is 1.47. The second-order valence-corrected chi connectivity index (χ2v) is 5.18. The summed E-state index contributed by atoms with van der Waals surface area (Å²) in [4.78, 5) is 14.2. The average Bonchev–Trinajstić information content (AvgIpc) is 2.47. The second-order valence-electron chi connectivity index (χ2n) is 5.18. The Morgan fingerprint density at radius 3 is 2.70 bits per heavy atom. The molecule has 1 aromatic rings. The third-order valence-corrected chi connectivity index (χ3v) is 3.83. The van der Waals surface area contributed by atoms with E-state index in [0.717, 1.165) is 32.5 Å². The lowest BCUT2D eigenvalue weighted by Crippen LogP contribution is -2.40. The van der Waals surface area contributed by atoms with Crippen molar-refractivity contribution in [3.8, 4) is 11.5 Å². The van der Waals surface area contributed by atoms with E-state index in [4.69, 9.17) is 4.74 Å². The van der Waals surface area contributed by atoms with Crippen LogP contribution in [0, 0.1) is 5.92 Å². The molecule has 0 aliphatic carbocycles. The summed E-state index contributed by atoms with van der Waals surface area (Å²) in [5.41, 5.74) is 0.345. The Hall–Kier alpha value is -1.75. The van der Waals surface area contributed by atoms with Crippen LogP contribution in [0.15, 0.2) is 18.2 Å². The Bertz CT molecular complexity index is 468. The number of phenolic OH excluding ortho intramolecular Hbond substituents is 1. The zero-order valence-corrected chi connectivity index (χ0v) is 12.1. The van der Waals surface area contributed by atoms with Crippen LogP contribution in [-0.2, 0) is 0 Å². The molecule has 2 rings (SSSR count). The smallest absolute Gasteiger partial charge is 0.257 e. The first-order valence-electron chi connectivity index (χ1n) is 6.96. The molecule has 1 saturated heterocycles. The lowest BCUT2D eigenvalue weighted by atomic mass is 9.96. The third-order valence-electron chi connectivity index (χ3n) is 3.83. The van der Waals surface area contributed by atoms with Crippen molar-refractivity contribution in [3.63, 3.8) is 0 Å². The number of carbonyl (C=O) groups excluding carboxylic acids is 1. The molecular formula is C15H22N2O3. The molecule has 1 aliphatic heterocycles. The number of ether oxygens (including phenoxy) is 1. The number of phenols is 1. The van der Waals surface area contributed by atoms with Crippen LogP contribution in [0.1, 0.15) is 23.2 Å². The summed E-state index contributed by atoms with van der Waals surface area (Å²) in [6.45, 7) is 2.49. The number of nitrogens with one attached hydrogen (secondary N) is 1. The quantitative estimate of drug-likeness (QED) is 0.875. The molecule has 110 valence electrons. The summed E-state index contributed by atoms with van der Waals surface area (Å²) in [7, 11) is 3.48. The van der Waals surface area contributed by atoms with Gasteiger partial charge in [0.05, 0.1) is 12.7 Å². The fourth-order valence-electron chi connectivity index (χ4n) is 2.62. The Balaban J connectivity index is 2.02. The number of likely N-dealkylation sites (tertiary alicyclic amines) is 1. The minimum atomic E-state index is -0.104. The summed E-state index contributed by atoms with van der Waals surface area (Å²) < 4.78 is 5.02. The molecular weight excluding hydrogens is 256 g/mol. The number of aromatic hydroxyl groups is 1. The SMILES string of the molecule is CNCC1CCN(C(=O)c2ccc(OC)cc2O)CC1. The van der Waals surface area contributed by atoms with E-state index < -0.39 is 0 Å². The fraction of sp³-hybridized carbons (Fsp3) is 0.533. The van der Waals surface area contributed by atoms with Gasteiger partial charge in [-0.3, -0.25) is 4.79 Å². The number of methoxy groups -OCH3 is 1. The van der Waals surface area contributed by atoms with Gasteiger partial charge in [0, 0.05) is 19.2 Å². The van der Waals surface area contributed by atoms with Crippen molar-refractivity contribution in [2.45, 2.75) is 12.8 Å². The maximum atomic E-state index is 12.4. The summed E-state index contributed by atoms with van der Waals surface area (Å²) in [6, 6.07) is 4.79. The van der Waals surface area contributed by atoms with E-state index in [9.17, 15) is 9.90 Å². The second kappa shape index (κ2) is 6.61. The van der Waals surface area contributed by atoms with E-state index >= 15 is 0 Å². The number of piperidine rings is 1. The van der Waals surface area contributed by atoms with Gasteiger partial charge in [-0.1, -0.05) is 0 Å². The highest BCUT2D eigenvalue weighted by Crippen LogP contribution is 2.26. The van der Waals surface area contributed by atoms with Gasteiger partial charge in [-0.25, -0.2) is 0 Å². The van der Waals surface area contributed by atoms with Gasteiger partial charge in [0.2, 0.25) is 0 Å². The van der Waals surface area contributed by atoms with Crippen LogP contribution in [0.3, 0.4) is 0 Å². The van der Waals surface area contributed by atoms with Crippen molar-refractivity contribution in [2.75, 3.05) is 33.8 Å². The van der Waals surface area contributed by atoms with Crippen LogP contribution in [-0.4, -0.2) is 49.7 Å². The van der Waals surface area contributed by atoms with Crippen LogP contribution in [0.5, 0.6) is 11.5 Å². The van der Waals surface area contributed by atoms with Gasteiger partial charge in [0.15, 0.2) is 0 Å². The van der Waals surface area contributed by atoms with Crippen molar-refractivity contribution in [1.82, 2.24) is 10.2 Å². The molecule has 0 saturated carbocycles. The van der Waals surface area contributed by atoms with Crippen molar-refractivity contribution in [1.29, 1.82) is 0 Å². The molecule has 2 N–H and O–H groups in total. The predicted molar refractivity (Wildman–Crippen MR) is 77.2 cm³/mol.